The monoisotopic (exact) mass is 281 g/mol. The molecule has 0 aromatic carbocycles. The Hall–Kier alpha value is -1.63. The third kappa shape index (κ3) is 3.69. The standard InChI is InChI=1S/C13H23N5O2/c1-3-9-17-13(12(18(19)20)10(2)16-17)15-8-4-7-14-11-5-6-11/h11,14-15H,3-9H2,1-2H3. The first-order chi connectivity index (χ1) is 9.63. The van der Waals surface area contributed by atoms with Crippen LogP contribution in [0.1, 0.15) is 38.3 Å². The van der Waals surface area contributed by atoms with Crippen LogP contribution in [0.3, 0.4) is 0 Å². The fourth-order valence-electron chi connectivity index (χ4n) is 2.23. The van der Waals surface area contributed by atoms with Gasteiger partial charge in [-0.25, -0.2) is 4.68 Å². The van der Waals surface area contributed by atoms with Gasteiger partial charge in [0.2, 0.25) is 5.82 Å². The first-order valence-corrected chi connectivity index (χ1v) is 7.32. The van der Waals surface area contributed by atoms with E-state index < -0.39 is 0 Å². The van der Waals surface area contributed by atoms with Gasteiger partial charge >= 0.3 is 5.69 Å². The molecule has 20 heavy (non-hydrogen) atoms. The normalized spacial score (nSPS) is 14.5. The lowest BCUT2D eigenvalue weighted by atomic mass is 10.3. The molecule has 0 spiro atoms. The lowest BCUT2D eigenvalue weighted by Crippen LogP contribution is -2.20. The van der Waals surface area contributed by atoms with Crippen molar-refractivity contribution in [2.24, 2.45) is 0 Å². The average molecular weight is 281 g/mol. The largest absolute Gasteiger partial charge is 0.364 e. The summed E-state index contributed by atoms with van der Waals surface area (Å²) < 4.78 is 1.71. The van der Waals surface area contributed by atoms with E-state index in [4.69, 9.17) is 0 Å². The van der Waals surface area contributed by atoms with Crippen LogP contribution < -0.4 is 10.6 Å². The molecule has 1 fully saturated rings. The second kappa shape index (κ2) is 6.69. The first-order valence-electron chi connectivity index (χ1n) is 7.32. The maximum Gasteiger partial charge on any atom is 0.333 e. The highest BCUT2D eigenvalue weighted by molar-refractivity contribution is 5.59. The summed E-state index contributed by atoms with van der Waals surface area (Å²) >= 11 is 0. The maximum atomic E-state index is 11.1. The molecule has 7 heteroatoms. The summed E-state index contributed by atoms with van der Waals surface area (Å²) in [6.07, 6.45) is 4.41. The van der Waals surface area contributed by atoms with Gasteiger partial charge in [-0.15, -0.1) is 0 Å². The van der Waals surface area contributed by atoms with Crippen molar-refractivity contribution in [1.29, 1.82) is 0 Å². The van der Waals surface area contributed by atoms with Gasteiger partial charge in [0.15, 0.2) is 0 Å². The summed E-state index contributed by atoms with van der Waals surface area (Å²) in [4.78, 5) is 10.8. The summed E-state index contributed by atoms with van der Waals surface area (Å²) in [6.45, 7) is 6.08. The Morgan fingerprint density at radius 3 is 2.80 bits per heavy atom. The predicted octanol–water partition coefficient (Wildman–Crippen LogP) is 2.06. The highest BCUT2D eigenvalue weighted by Gasteiger charge is 2.24. The molecule has 1 aliphatic carbocycles. The quantitative estimate of drug-likeness (QED) is 0.411. The zero-order valence-electron chi connectivity index (χ0n) is 12.2. The van der Waals surface area contributed by atoms with E-state index in [1.54, 1.807) is 11.6 Å². The molecule has 1 aromatic heterocycles. The van der Waals surface area contributed by atoms with Gasteiger partial charge in [0.1, 0.15) is 5.69 Å². The van der Waals surface area contributed by atoms with Crippen LogP contribution in [-0.2, 0) is 6.54 Å². The van der Waals surface area contributed by atoms with Gasteiger partial charge in [-0.05, 0) is 39.2 Å². The number of rotatable bonds is 9. The van der Waals surface area contributed by atoms with Gasteiger partial charge in [-0.2, -0.15) is 5.10 Å². The molecular weight excluding hydrogens is 258 g/mol. The fourth-order valence-corrected chi connectivity index (χ4v) is 2.23. The topological polar surface area (TPSA) is 85.0 Å². The average Bonchev–Trinajstić information content (AvgIpc) is 3.14. The third-order valence-electron chi connectivity index (χ3n) is 3.37. The SMILES string of the molecule is CCCn1nc(C)c([N+](=O)[O-])c1NCCCNC1CC1. The van der Waals surface area contributed by atoms with E-state index >= 15 is 0 Å². The molecule has 0 aliphatic heterocycles. The Bertz CT molecular complexity index is 468. The van der Waals surface area contributed by atoms with Crippen molar-refractivity contribution in [3.63, 3.8) is 0 Å². The molecule has 0 atom stereocenters. The highest BCUT2D eigenvalue weighted by Crippen LogP contribution is 2.28. The minimum atomic E-state index is -0.348. The minimum absolute atomic E-state index is 0.105. The number of hydrogen-bond acceptors (Lipinski definition) is 5. The lowest BCUT2D eigenvalue weighted by molar-refractivity contribution is -0.384. The third-order valence-corrected chi connectivity index (χ3v) is 3.37. The Morgan fingerprint density at radius 2 is 2.20 bits per heavy atom. The van der Waals surface area contributed by atoms with Gasteiger partial charge in [-0.3, -0.25) is 10.1 Å². The van der Waals surface area contributed by atoms with Crippen molar-refractivity contribution < 1.29 is 4.92 Å². The molecule has 0 amide bonds. The molecule has 0 radical (unpaired) electrons. The number of aromatic nitrogens is 2. The Kier molecular flexibility index (Phi) is 4.94. The molecule has 1 saturated carbocycles. The number of anilines is 1. The van der Waals surface area contributed by atoms with E-state index in [1.807, 2.05) is 6.92 Å². The molecule has 7 nitrogen and oxygen atoms in total. The van der Waals surface area contributed by atoms with Gasteiger partial charge < -0.3 is 10.6 Å². The van der Waals surface area contributed by atoms with Crippen molar-refractivity contribution in [3.8, 4) is 0 Å². The van der Waals surface area contributed by atoms with Crippen molar-refractivity contribution in [2.45, 2.75) is 52.1 Å². The first kappa shape index (κ1) is 14.8. The molecule has 1 aromatic rings. The predicted molar refractivity (Wildman–Crippen MR) is 78.0 cm³/mol. The highest BCUT2D eigenvalue weighted by atomic mass is 16.6. The fraction of sp³-hybridized carbons (Fsp3) is 0.769. The number of nitrogens with zero attached hydrogens (tertiary/aromatic N) is 3. The maximum absolute atomic E-state index is 11.1. The number of aryl methyl sites for hydroxylation is 2. The second-order valence-electron chi connectivity index (χ2n) is 5.27. The zero-order valence-corrected chi connectivity index (χ0v) is 12.2. The van der Waals surface area contributed by atoms with Gasteiger partial charge in [0.05, 0.1) is 4.92 Å². The second-order valence-corrected chi connectivity index (χ2v) is 5.27. The molecule has 112 valence electrons. The van der Waals surface area contributed by atoms with Crippen LogP contribution in [-0.4, -0.2) is 33.8 Å². The van der Waals surface area contributed by atoms with E-state index in [0.717, 1.165) is 25.9 Å². The summed E-state index contributed by atoms with van der Waals surface area (Å²) in [5, 5.41) is 22.0. The van der Waals surface area contributed by atoms with Crippen molar-refractivity contribution in [3.05, 3.63) is 15.8 Å². The van der Waals surface area contributed by atoms with Crippen LogP contribution in [0.25, 0.3) is 0 Å². The molecule has 0 unspecified atom stereocenters. The zero-order chi connectivity index (χ0) is 14.5. The van der Waals surface area contributed by atoms with Crippen LogP contribution in [0.15, 0.2) is 0 Å². The van der Waals surface area contributed by atoms with E-state index in [-0.39, 0.29) is 10.6 Å². The molecule has 1 heterocycles. The Balaban J connectivity index is 1.93. The summed E-state index contributed by atoms with van der Waals surface area (Å²) in [6, 6.07) is 0.706. The Labute approximate surface area is 118 Å². The molecule has 0 saturated heterocycles. The van der Waals surface area contributed by atoms with Crippen molar-refractivity contribution in [2.75, 3.05) is 18.4 Å². The summed E-state index contributed by atoms with van der Waals surface area (Å²) in [7, 11) is 0. The minimum Gasteiger partial charge on any atom is -0.364 e. The lowest BCUT2D eigenvalue weighted by Gasteiger charge is -2.08. The van der Waals surface area contributed by atoms with Crippen molar-refractivity contribution >= 4 is 11.5 Å². The molecule has 2 rings (SSSR count). The molecular formula is C13H23N5O2. The smallest absolute Gasteiger partial charge is 0.333 e. The summed E-state index contributed by atoms with van der Waals surface area (Å²) in [5.74, 6) is 0.542. The van der Waals surface area contributed by atoms with Crippen LogP contribution in [0.2, 0.25) is 0 Å². The van der Waals surface area contributed by atoms with Crippen LogP contribution in [0.5, 0.6) is 0 Å². The van der Waals surface area contributed by atoms with Gasteiger partial charge in [0.25, 0.3) is 0 Å². The number of hydrogen-bond donors (Lipinski definition) is 2. The summed E-state index contributed by atoms with van der Waals surface area (Å²) in [5.41, 5.74) is 0.579. The van der Waals surface area contributed by atoms with E-state index in [9.17, 15) is 10.1 Å². The van der Waals surface area contributed by atoms with Gasteiger partial charge in [-0.1, -0.05) is 6.92 Å². The molecule has 0 bridgehead atoms. The van der Waals surface area contributed by atoms with Gasteiger partial charge in [0, 0.05) is 19.1 Å². The van der Waals surface area contributed by atoms with Crippen LogP contribution >= 0.6 is 0 Å². The van der Waals surface area contributed by atoms with Crippen LogP contribution in [0.4, 0.5) is 11.5 Å². The van der Waals surface area contributed by atoms with Crippen molar-refractivity contribution in [1.82, 2.24) is 15.1 Å². The van der Waals surface area contributed by atoms with Crippen LogP contribution in [0, 0.1) is 17.0 Å². The molecule has 1 aliphatic rings. The number of nitro groups is 1. The van der Waals surface area contributed by atoms with E-state index in [0.29, 0.717) is 24.1 Å². The Morgan fingerprint density at radius 1 is 1.45 bits per heavy atom. The van der Waals surface area contributed by atoms with E-state index in [1.165, 1.54) is 12.8 Å². The molecule has 2 N–H and O–H groups in total. The number of nitrogens with one attached hydrogen (secondary N) is 2. The van der Waals surface area contributed by atoms with E-state index in [2.05, 4.69) is 15.7 Å².